The quantitative estimate of drug-likeness (QED) is 0.763. The summed E-state index contributed by atoms with van der Waals surface area (Å²) in [6.07, 6.45) is 0. The molecular formula is C15H21N5OS. The van der Waals surface area contributed by atoms with Gasteiger partial charge >= 0.3 is 0 Å². The van der Waals surface area contributed by atoms with E-state index in [1.165, 1.54) is 22.9 Å². The molecule has 0 saturated heterocycles. The molecule has 0 aliphatic heterocycles. The van der Waals surface area contributed by atoms with Crippen LogP contribution in [0.25, 0.3) is 0 Å². The van der Waals surface area contributed by atoms with Crippen molar-refractivity contribution in [1.82, 2.24) is 14.8 Å². The first-order valence-electron chi connectivity index (χ1n) is 7.15. The first-order valence-corrected chi connectivity index (χ1v) is 8.14. The highest BCUT2D eigenvalue weighted by molar-refractivity contribution is 7.99. The Morgan fingerprint density at radius 1 is 1.36 bits per heavy atom. The number of nitrogens with two attached hydrogens (primary N) is 1. The van der Waals surface area contributed by atoms with E-state index in [9.17, 15) is 4.79 Å². The van der Waals surface area contributed by atoms with Gasteiger partial charge in [-0.3, -0.25) is 4.79 Å². The number of thioether (sulfide) groups is 1. The molecule has 0 unspecified atom stereocenters. The van der Waals surface area contributed by atoms with Crippen LogP contribution in [-0.4, -0.2) is 26.4 Å². The van der Waals surface area contributed by atoms with Crippen LogP contribution in [0.2, 0.25) is 0 Å². The lowest BCUT2D eigenvalue weighted by atomic mass is 10.1. The summed E-state index contributed by atoms with van der Waals surface area (Å²) < 4.78 is 1.99. The number of amides is 1. The summed E-state index contributed by atoms with van der Waals surface area (Å²) in [6, 6.07) is 6.29. The predicted molar refractivity (Wildman–Crippen MR) is 88.9 cm³/mol. The molecule has 0 fully saturated rings. The number of hydrogen-bond donors (Lipinski definition) is 2. The summed E-state index contributed by atoms with van der Waals surface area (Å²) in [5.41, 5.74) is 8.70. The molecule has 6 nitrogen and oxygen atoms in total. The maximum absolute atomic E-state index is 10.9. The van der Waals surface area contributed by atoms with Gasteiger partial charge in [-0.1, -0.05) is 29.5 Å². The SMILES string of the molecule is CCn1c(CNc2ccc(C)cc2C)nnc1SCC(N)=O. The van der Waals surface area contributed by atoms with Crippen molar-refractivity contribution in [3.8, 4) is 0 Å². The molecule has 0 bridgehead atoms. The lowest BCUT2D eigenvalue weighted by Crippen LogP contribution is -2.14. The Morgan fingerprint density at radius 2 is 2.14 bits per heavy atom. The molecule has 3 N–H and O–H groups in total. The first-order chi connectivity index (χ1) is 10.5. The maximum Gasteiger partial charge on any atom is 0.227 e. The predicted octanol–water partition coefficient (Wildman–Crippen LogP) is 2.10. The Hall–Kier alpha value is -2.02. The second kappa shape index (κ2) is 7.31. The van der Waals surface area contributed by atoms with E-state index in [-0.39, 0.29) is 11.7 Å². The van der Waals surface area contributed by atoms with Gasteiger partial charge in [-0.05, 0) is 32.4 Å². The fourth-order valence-corrected chi connectivity index (χ4v) is 2.96. The van der Waals surface area contributed by atoms with Gasteiger partial charge in [0, 0.05) is 12.2 Å². The molecule has 0 atom stereocenters. The van der Waals surface area contributed by atoms with Crippen LogP contribution < -0.4 is 11.1 Å². The van der Waals surface area contributed by atoms with Crippen LogP contribution in [0.15, 0.2) is 23.4 Å². The lowest BCUT2D eigenvalue weighted by Gasteiger charge is -2.11. The average Bonchev–Trinajstić information content (AvgIpc) is 2.86. The molecule has 0 aliphatic rings. The lowest BCUT2D eigenvalue weighted by molar-refractivity contribution is -0.115. The maximum atomic E-state index is 10.9. The summed E-state index contributed by atoms with van der Waals surface area (Å²) in [6.45, 7) is 7.51. The van der Waals surface area contributed by atoms with Gasteiger partial charge < -0.3 is 15.6 Å². The highest BCUT2D eigenvalue weighted by Crippen LogP contribution is 2.19. The molecule has 118 valence electrons. The van der Waals surface area contributed by atoms with Crippen molar-refractivity contribution >= 4 is 23.4 Å². The zero-order valence-corrected chi connectivity index (χ0v) is 13.9. The second-order valence-corrected chi connectivity index (χ2v) is 6.01. The summed E-state index contributed by atoms with van der Waals surface area (Å²) >= 11 is 1.31. The Bertz CT molecular complexity index is 668. The van der Waals surface area contributed by atoms with Gasteiger partial charge in [0.2, 0.25) is 5.91 Å². The number of nitrogens with one attached hydrogen (secondary N) is 1. The van der Waals surface area contributed by atoms with Gasteiger partial charge in [-0.15, -0.1) is 10.2 Å². The van der Waals surface area contributed by atoms with E-state index in [2.05, 4.69) is 47.6 Å². The Labute approximate surface area is 134 Å². The van der Waals surface area contributed by atoms with E-state index < -0.39 is 0 Å². The van der Waals surface area contributed by atoms with Gasteiger partial charge in [0.15, 0.2) is 11.0 Å². The summed E-state index contributed by atoms with van der Waals surface area (Å²) in [4.78, 5) is 10.9. The Balaban J connectivity index is 2.07. The number of rotatable bonds is 7. The van der Waals surface area contributed by atoms with Crippen LogP contribution in [-0.2, 0) is 17.9 Å². The molecule has 2 aromatic rings. The van der Waals surface area contributed by atoms with Crippen molar-refractivity contribution in [1.29, 1.82) is 0 Å². The summed E-state index contributed by atoms with van der Waals surface area (Å²) in [5.74, 6) is 0.697. The molecule has 1 heterocycles. The van der Waals surface area contributed by atoms with Crippen molar-refractivity contribution in [3.05, 3.63) is 35.2 Å². The molecule has 0 saturated carbocycles. The third-order valence-electron chi connectivity index (χ3n) is 3.27. The van der Waals surface area contributed by atoms with Gasteiger partial charge in [-0.2, -0.15) is 0 Å². The average molecular weight is 319 g/mol. The van der Waals surface area contributed by atoms with Crippen LogP contribution in [0.5, 0.6) is 0 Å². The van der Waals surface area contributed by atoms with Crippen molar-refractivity contribution in [2.75, 3.05) is 11.1 Å². The van der Waals surface area contributed by atoms with Gasteiger partial charge in [0.1, 0.15) is 0 Å². The molecular weight excluding hydrogens is 298 g/mol. The van der Waals surface area contributed by atoms with Crippen LogP contribution >= 0.6 is 11.8 Å². The number of aromatic nitrogens is 3. The summed E-state index contributed by atoms with van der Waals surface area (Å²) in [7, 11) is 0. The minimum atomic E-state index is -0.356. The van der Waals surface area contributed by atoms with E-state index in [1.54, 1.807) is 0 Å². The molecule has 1 amide bonds. The largest absolute Gasteiger partial charge is 0.378 e. The highest BCUT2D eigenvalue weighted by Gasteiger charge is 2.12. The monoisotopic (exact) mass is 319 g/mol. The smallest absolute Gasteiger partial charge is 0.227 e. The number of benzene rings is 1. The van der Waals surface area contributed by atoms with Gasteiger partial charge in [-0.25, -0.2) is 0 Å². The zero-order valence-electron chi connectivity index (χ0n) is 13.1. The molecule has 0 radical (unpaired) electrons. The van der Waals surface area contributed by atoms with E-state index >= 15 is 0 Å². The molecule has 1 aromatic heterocycles. The number of anilines is 1. The highest BCUT2D eigenvalue weighted by atomic mass is 32.2. The number of primary amides is 1. The van der Waals surface area contributed by atoms with E-state index in [1.807, 2.05) is 11.5 Å². The third kappa shape index (κ3) is 4.00. The fraction of sp³-hybridized carbons (Fsp3) is 0.400. The minimum absolute atomic E-state index is 0.211. The minimum Gasteiger partial charge on any atom is -0.378 e. The van der Waals surface area contributed by atoms with Crippen LogP contribution in [0, 0.1) is 13.8 Å². The van der Waals surface area contributed by atoms with Crippen LogP contribution in [0.4, 0.5) is 5.69 Å². The number of carbonyl (C=O) groups is 1. The van der Waals surface area contributed by atoms with Crippen molar-refractivity contribution in [2.45, 2.75) is 39.0 Å². The van der Waals surface area contributed by atoms with Crippen molar-refractivity contribution in [3.63, 3.8) is 0 Å². The van der Waals surface area contributed by atoms with E-state index in [0.717, 1.165) is 23.2 Å². The Kier molecular flexibility index (Phi) is 5.43. The number of carbonyl (C=O) groups excluding carboxylic acids is 1. The van der Waals surface area contributed by atoms with Crippen molar-refractivity contribution < 1.29 is 4.79 Å². The number of hydrogen-bond acceptors (Lipinski definition) is 5. The molecule has 0 spiro atoms. The molecule has 2 rings (SSSR count). The molecule has 0 aliphatic carbocycles. The van der Waals surface area contributed by atoms with E-state index in [0.29, 0.717) is 6.54 Å². The molecule has 22 heavy (non-hydrogen) atoms. The first kappa shape index (κ1) is 16.4. The third-order valence-corrected chi connectivity index (χ3v) is 4.26. The normalized spacial score (nSPS) is 10.7. The number of aryl methyl sites for hydroxylation is 2. The fourth-order valence-electron chi connectivity index (χ4n) is 2.20. The van der Waals surface area contributed by atoms with Crippen molar-refractivity contribution in [2.24, 2.45) is 5.73 Å². The standard InChI is InChI=1S/C15H21N5OS/c1-4-20-14(18-19-15(20)22-9-13(16)21)8-17-12-6-5-10(2)7-11(12)3/h5-7,17H,4,8-9H2,1-3H3,(H2,16,21). The van der Waals surface area contributed by atoms with Crippen LogP contribution in [0.3, 0.4) is 0 Å². The zero-order chi connectivity index (χ0) is 16.1. The molecule has 1 aromatic carbocycles. The van der Waals surface area contributed by atoms with Gasteiger partial charge in [0.05, 0.1) is 12.3 Å². The van der Waals surface area contributed by atoms with E-state index in [4.69, 9.17) is 5.73 Å². The Morgan fingerprint density at radius 3 is 2.77 bits per heavy atom. The second-order valence-electron chi connectivity index (χ2n) is 5.07. The number of nitrogens with zero attached hydrogens (tertiary/aromatic N) is 3. The van der Waals surface area contributed by atoms with Gasteiger partial charge in [0.25, 0.3) is 0 Å². The summed E-state index contributed by atoms with van der Waals surface area (Å²) in [5, 5.41) is 12.4. The topological polar surface area (TPSA) is 85.8 Å². The molecule has 7 heteroatoms. The van der Waals surface area contributed by atoms with Crippen LogP contribution in [0.1, 0.15) is 23.9 Å².